The zero-order chi connectivity index (χ0) is 13.2. The number of hydrogen-bond donors (Lipinski definition) is 0. The van der Waals surface area contributed by atoms with E-state index in [1.807, 2.05) is 24.3 Å². The second-order valence-corrected chi connectivity index (χ2v) is 3.86. The lowest BCUT2D eigenvalue weighted by molar-refractivity contribution is -0.137. The lowest BCUT2D eigenvalue weighted by Crippen LogP contribution is -1.98. The van der Waals surface area contributed by atoms with Crippen LogP contribution < -0.4 is 4.74 Å². The summed E-state index contributed by atoms with van der Waals surface area (Å²) < 4.78 is 10.4. The van der Waals surface area contributed by atoms with Gasteiger partial charge in [-0.3, -0.25) is 0 Å². The number of benzene rings is 1. The van der Waals surface area contributed by atoms with Gasteiger partial charge in [-0.05, 0) is 37.1 Å². The summed E-state index contributed by atoms with van der Waals surface area (Å²) in [7, 11) is 0. The van der Waals surface area contributed by atoms with E-state index >= 15 is 0 Å². The Labute approximate surface area is 108 Å². The molecule has 98 valence electrons. The minimum atomic E-state index is -0.319. The predicted molar refractivity (Wildman–Crippen MR) is 72.5 cm³/mol. The van der Waals surface area contributed by atoms with E-state index in [9.17, 15) is 4.79 Å². The Morgan fingerprint density at radius 2 is 1.94 bits per heavy atom. The van der Waals surface area contributed by atoms with Crippen LogP contribution >= 0.6 is 0 Å². The first kappa shape index (κ1) is 14.3. The highest BCUT2D eigenvalue weighted by Crippen LogP contribution is 2.13. The molecule has 0 fully saturated rings. The number of ether oxygens (including phenoxy) is 2. The van der Waals surface area contributed by atoms with Gasteiger partial charge in [-0.2, -0.15) is 0 Å². The maximum absolute atomic E-state index is 11.1. The van der Waals surface area contributed by atoms with E-state index in [1.165, 1.54) is 6.08 Å². The van der Waals surface area contributed by atoms with E-state index in [4.69, 9.17) is 9.47 Å². The van der Waals surface area contributed by atoms with Crippen molar-refractivity contribution in [2.24, 2.45) is 0 Å². The molecular formula is C15H20O3. The van der Waals surface area contributed by atoms with Gasteiger partial charge in [0.15, 0.2) is 0 Å². The molecule has 0 bridgehead atoms. The molecule has 0 spiro atoms. The molecule has 0 aliphatic carbocycles. The Bertz CT molecular complexity index is 379. The maximum atomic E-state index is 11.1. The van der Waals surface area contributed by atoms with Crippen molar-refractivity contribution in [3.05, 3.63) is 35.9 Å². The van der Waals surface area contributed by atoms with Gasteiger partial charge in [-0.15, -0.1) is 0 Å². The summed E-state index contributed by atoms with van der Waals surface area (Å²) >= 11 is 0. The molecule has 0 heterocycles. The molecule has 18 heavy (non-hydrogen) atoms. The molecule has 3 heteroatoms. The molecule has 0 amide bonds. The minimum Gasteiger partial charge on any atom is -0.494 e. The van der Waals surface area contributed by atoms with E-state index in [1.54, 1.807) is 13.0 Å². The zero-order valence-electron chi connectivity index (χ0n) is 11.0. The highest BCUT2D eigenvalue weighted by atomic mass is 16.5. The minimum absolute atomic E-state index is 0.319. The fraction of sp³-hybridized carbons (Fsp3) is 0.400. The third-order valence-corrected chi connectivity index (χ3v) is 2.35. The Morgan fingerprint density at radius 3 is 2.56 bits per heavy atom. The molecule has 0 aliphatic heterocycles. The van der Waals surface area contributed by atoms with E-state index in [-0.39, 0.29) is 5.97 Å². The quantitative estimate of drug-likeness (QED) is 0.421. The normalized spacial score (nSPS) is 10.6. The molecule has 0 atom stereocenters. The molecule has 0 aromatic heterocycles. The van der Waals surface area contributed by atoms with Crippen LogP contribution in [0.4, 0.5) is 0 Å². The van der Waals surface area contributed by atoms with Crippen molar-refractivity contribution in [1.29, 1.82) is 0 Å². The summed E-state index contributed by atoms with van der Waals surface area (Å²) in [6, 6.07) is 7.63. The fourth-order valence-electron chi connectivity index (χ4n) is 1.36. The first-order valence-electron chi connectivity index (χ1n) is 6.34. The van der Waals surface area contributed by atoms with Crippen molar-refractivity contribution in [2.75, 3.05) is 13.2 Å². The highest BCUT2D eigenvalue weighted by Gasteiger charge is 1.95. The average molecular weight is 248 g/mol. The van der Waals surface area contributed by atoms with Crippen LogP contribution in [0.3, 0.4) is 0 Å². The molecule has 0 unspecified atom stereocenters. The molecular weight excluding hydrogens is 228 g/mol. The Morgan fingerprint density at radius 1 is 1.22 bits per heavy atom. The second-order valence-electron chi connectivity index (χ2n) is 3.86. The van der Waals surface area contributed by atoms with E-state index < -0.39 is 0 Å². The summed E-state index contributed by atoms with van der Waals surface area (Å²) in [4.78, 5) is 11.1. The number of hydrogen-bond acceptors (Lipinski definition) is 3. The van der Waals surface area contributed by atoms with Crippen LogP contribution in [0.2, 0.25) is 0 Å². The Hall–Kier alpha value is -1.77. The van der Waals surface area contributed by atoms with Crippen molar-refractivity contribution >= 4 is 12.0 Å². The van der Waals surface area contributed by atoms with Gasteiger partial charge >= 0.3 is 5.97 Å². The molecule has 0 aliphatic rings. The van der Waals surface area contributed by atoms with Gasteiger partial charge in [0.1, 0.15) is 5.75 Å². The third kappa shape index (κ3) is 5.53. The summed E-state index contributed by atoms with van der Waals surface area (Å²) in [6.07, 6.45) is 5.34. The standard InChI is InChI=1S/C15H20O3/c1-3-5-12-18-14-9-6-13(7-10-14)8-11-15(16)17-4-2/h6-11H,3-5,12H2,1-2H3/b11-8+. The van der Waals surface area contributed by atoms with Crippen LogP contribution in [0.5, 0.6) is 5.75 Å². The molecule has 0 saturated carbocycles. The molecule has 0 N–H and O–H groups in total. The summed E-state index contributed by atoms with van der Waals surface area (Å²) in [6.45, 7) is 5.06. The predicted octanol–water partition coefficient (Wildman–Crippen LogP) is 3.44. The summed E-state index contributed by atoms with van der Waals surface area (Å²) in [5.74, 6) is 0.539. The first-order chi connectivity index (χ1) is 8.76. The van der Waals surface area contributed by atoms with Crippen molar-refractivity contribution in [3.63, 3.8) is 0 Å². The van der Waals surface area contributed by atoms with Crippen LogP contribution in [0.25, 0.3) is 6.08 Å². The molecule has 0 radical (unpaired) electrons. The topological polar surface area (TPSA) is 35.5 Å². The summed E-state index contributed by atoms with van der Waals surface area (Å²) in [5, 5.41) is 0. The average Bonchev–Trinajstić information content (AvgIpc) is 2.38. The lowest BCUT2D eigenvalue weighted by Gasteiger charge is -2.04. The van der Waals surface area contributed by atoms with Gasteiger partial charge in [-0.25, -0.2) is 4.79 Å². The SMILES string of the molecule is CCCCOc1ccc(/C=C/C(=O)OCC)cc1. The largest absolute Gasteiger partial charge is 0.494 e. The van der Waals surface area contributed by atoms with Gasteiger partial charge in [0.2, 0.25) is 0 Å². The molecule has 1 rings (SSSR count). The van der Waals surface area contributed by atoms with E-state index in [0.29, 0.717) is 6.61 Å². The molecule has 1 aromatic carbocycles. The van der Waals surface area contributed by atoms with Gasteiger partial charge in [-0.1, -0.05) is 25.5 Å². The van der Waals surface area contributed by atoms with Crippen molar-refractivity contribution in [3.8, 4) is 5.75 Å². The highest BCUT2D eigenvalue weighted by molar-refractivity contribution is 5.87. The van der Waals surface area contributed by atoms with E-state index in [2.05, 4.69) is 6.92 Å². The fourth-order valence-corrected chi connectivity index (χ4v) is 1.36. The van der Waals surface area contributed by atoms with Crippen molar-refractivity contribution < 1.29 is 14.3 Å². The van der Waals surface area contributed by atoms with Gasteiger partial charge in [0.25, 0.3) is 0 Å². The molecule has 3 nitrogen and oxygen atoms in total. The third-order valence-electron chi connectivity index (χ3n) is 2.35. The smallest absolute Gasteiger partial charge is 0.330 e. The zero-order valence-corrected chi connectivity index (χ0v) is 11.0. The lowest BCUT2D eigenvalue weighted by atomic mass is 10.2. The first-order valence-corrected chi connectivity index (χ1v) is 6.34. The van der Waals surface area contributed by atoms with Crippen LogP contribution in [0.1, 0.15) is 32.3 Å². The number of rotatable bonds is 7. The van der Waals surface area contributed by atoms with Gasteiger partial charge in [0, 0.05) is 6.08 Å². The monoisotopic (exact) mass is 248 g/mol. The number of carbonyl (C=O) groups excluding carboxylic acids is 1. The van der Waals surface area contributed by atoms with Crippen LogP contribution in [-0.2, 0) is 9.53 Å². The molecule has 1 aromatic rings. The van der Waals surface area contributed by atoms with E-state index in [0.717, 1.165) is 30.8 Å². The molecule has 0 saturated heterocycles. The number of carbonyl (C=O) groups is 1. The Balaban J connectivity index is 2.47. The maximum Gasteiger partial charge on any atom is 0.330 e. The van der Waals surface area contributed by atoms with Gasteiger partial charge < -0.3 is 9.47 Å². The van der Waals surface area contributed by atoms with Crippen LogP contribution in [0, 0.1) is 0 Å². The van der Waals surface area contributed by atoms with Crippen LogP contribution in [-0.4, -0.2) is 19.2 Å². The Kier molecular flexibility index (Phi) is 6.62. The van der Waals surface area contributed by atoms with Crippen LogP contribution in [0.15, 0.2) is 30.3 Å². The van der Waals surface area contributed by atoms with Crippen molar-refractivity contribution in [1.82, 2.24) is 0 Å². The summed E-state index contributed by atoms with van der Waals surface area (Å²) in [5.41, 5.74) is 0.950. The number of unbranched alkanes of at least 4 members (excludes halogenated alkanes) is 1. The van der Waals surface area contributed by atoms with Crippen molar-refractivity contribution in [2.45, 2.75) is 26.7 Å². The van der Waals surface area contributed by atoms with Gasteiger partial charge in [0.05, 0.1) is 13.2 Å². The second kappa shape index (κ2) is 8.34. The number of esters is 1.